The van der Waals surface area contributed by atoms with E-state index in [-0.39, 0.29) is 16.5 Å². The molecular weight excluding hydrogens is 278 g/mol. The summed E-state index contributed by atoms with van der Waals surface area (Å²) in [5.41, 5.74) is 1.09. The van der Waals surface area contributed by atoms with Crippen molar-refractivity contribution in [3.05, 3.63) is 52.7 Å². The Kier molecular flexibility index (Phi) is 4.25. The van der Waals surface area contributed by atoms with Crippen LogP contribution in [0, 0.1) is 0 Å². The molecule has 4 nitrogen and oxygen atoms in total. The van der Waals surface area contributed by atoms with Gasteiger partial charge in [-0.15, -0.1) is 0 Å². The Balaban J connectivity index is 2.33. The van der Waals surface area contributed by atoms with Crippen molar-refractivity contribution < 1.29 is 14.6 Å². The van der Waals surface area contributed by atoms with Crippen molar-refractivity contribution in [2.45, 2.75) is 19.8 Å². The van der Waals surface area contributed by atoms with Crippen molar-refractivity contribution in [1.29, 1.82) is 0 Å². The molecule has 1 N–H and O–H groups in total. The first-order valence-corrected chi connectivity index (χ1v) is 6.52. The zero-order valence-corrected chi connectivity index (χ0v) is 11.9. The molecule has 1 aromatic heterocycles. The lowest BCUT2D eigenvalue weighted by Gasteiger charge is -2.10. The molecule has 0 aliphatic carbocycles. The molecule has 0 amide bonds. The van der Waals surface area contributed by atoms with Gasteiger partial charge in [0.15, 0.2) is 0 Å². The van der Waals surface area contributed by atoms with Crippen molar-refractivity contribution in [1.82, 2.24) is 4.98 Å². The highest BCUT2D eigenvalue weighted by atomic mass is 35.5. The van der Waals surface area contributed by atoms with Crippen LogP contribution < -0.4 is 4.74 Å². The van der Waals surface area contributed by atoms with Gasteiger partial charge in [0, 0.05) is 6.20 Å². The van der Waals surface area contributed by atoms with Gasteiger partial charge in [0.05, 0.1) is 5.56 Å². The molecule has 0 radical (unpaired) electrons. The van der Waals surface area contributed by atoms with E-state index in [1.807, 2.05) is 18.2 Å². The Bertz CT molecular complexity index is 641. The number of aromatic nitrogens is 1. The summed E-state index contributed by atoms with van der Waals surface area (Å²) in [6.45, 7) is 4.16. The van der Waals surface area contributed by atoms with Gasteiger partial charge >= 0.3 is 5.97 Å². The number of carboxylic acids is 1. The van der Waals surface area contributed by atoms with Crippen LogP contribution >= 0.6 is 11.6 Å². The summed E-state index contributed by atoms with van der Waals surface area (Å²) in [6.07, 6.45) is 1.36. The Morgan fingerprint density at radius 1 is 1.35 bits per heavy atom. The van der Waals surface area contributed by atoms with Gasteiger partial charge in [0.2, 0.25) is 5.88 Å². The van der Waals surface area contributed by atoms with Crippen molar-refractivity contribution >= 4 is 17.6 Å². The normalized spacial score (nSPS) is 10.6. The molecule has 0 fully saturated rings. The Hall–Kier alpha value is -2.07. The topological polar surface area (TPSA) is 59.4 Å². The predicted molar refractivity (Wildman–Crippen MR) is 76.8 cm³/mol. The first-order valence-electron chi connectivity index (χ1n) is 6.14. The Labute approximate surface area is 122 Å². The van der Waals surface area contributed by atoms with E-state index in [4.69, 9.17) is 21.4 Å². The van der Waals surface area contributed by atoms with Gasteiger partial charge in [-0.1, -0.05) is 37.6 Å². The maximum atomic E-state index is 11.0. The molecule has 0 saturated heterocycles. The van der Waals surface area contributed by atoms with Gasteiger partial charge in [0.1, 0.15) is 10.8 Å². The fraction of sp³-hybridized carbons (Fsp3) is 0.200. The third-order valence-electron chi connectivity index (χ3n) is 2.83. The number of hydrogen-bond acceptors (Lipinski definition) is 3. The number of carbonyl (C=O) groups is 1. The summed E-state index contributed by atoms with van der Waals surface area (Å²) in [5.74, 6) is -0.0777. The number of pyridine rings is 1. The van der Waals surface area contributed by atoms with Crippen LogP contribution in [-0.4, -0.2) is 16.1 Å². The van der Waals surface area contributed by atoms with Gasteiger partial charge in [0.25, 0.3) is 0 Å². The highest BCUT2D eigenvalue weighted by Gasteiger charge is 2.15. The van der Waals surface area contributed by atoms with Crippen LogP contribution in [0.1, 0.15) is 35.7 Å². The third kappa shape index (κ3) is 3.08. The smallest absolute Gasteiger partial charge is 0.337 e. The summed E-state index contributed by atoms with van der Waals surface area (Å²) in [4.78, 5) is 15.0. The molecule has 0 spiro atoms. The molecule has 0 bridgehead atoms. The minimum absolute atomic E-state index is 0.00468. The predicted octanol–water partition coefficient (Wildman–Crippen LogP) is 4.35. The standard InChI is InChI=1S/C15H14ClNO3/c1-9(2)10-4-3-5-11(8-10)20-14-13(16)12(15(18)19)6-7-17-14/h3-9H,1-2H3,(H,18,19). The van der Waals surface area contributed by atoms with Gasteiger partial charge in [-0.2, -0.15) is 0 Å². The fourth-order valence-corrected chi connectivity index (χ4v) is 1.94. The minimum Gasteiger partial charge on any atom is -0.478 e. The molecule has 0 atom stereocenters. The summed E-state index contributed by atoms with van der Waals surface area (Å²) in [6, 6.07) is 8.87. The van der Waals surface area contributed by atoms with Crippen molar-refractivity contribution in [2.24, 2.45) is 0 Å². The number of nitrogens with zero attached hydrogens (tertiary/aromatic N) is 1. The summed E-state index contributed by atoms with van der Waals surface area (Å²) >= 11 is 5.99. The van der Waals surface area contributed by atoms with Crippen molar-refractivity contribution in [3.63, 3.8) is 0 Å². The van der Waals surface area contributed by atoms with Crippen LogP contribution in [0.15, 0.2) is 36.5 Å². The van der Waals surface area contributed by atoms with Gasteiger partial charge in [-0.05, 0) is 29.7 Å². The molecule has 0 aliphatic heterocycles. The molecule has 0 aliphatic rings. The largest absolute Gasteiger partial charge is 0.478 e. The SMILES string of the molecule is CC(C)c1cccc(Oc2nccc(C(=O)O)c2Cl)c1. The highest BCUT2D eigenvalue weighted by molar-refractivity contribution is 6.34. The van der Waals surface area contributed by atoms with E-state index in [1.165, 1.54) is 12.3 Å². The highest BCUT2D eigenvalue weighted by Crippen LogP contribution is 2.31. The Morgan fingerprint density at radius 2 is 2.10 bits per heavy atom. The zero-order valence-electron chi connectivity index (χ0n) is 11.1. The molecule has 1 heterocycles. The molecule has 5 heteroatoms. The number of benzene rings is 1. The lowest BCUT2D eigenvalue weighted by molar-refractivity contribution is 0.0696. The van der Waals surface area contributed by atoms with E-state index < -0.39 is 5.97 Å². The number of ether oxygens (including phenoxy) is 1. The fourth-order valence-electron chi connectivity index (χ4n) is 1.71. The van der Waals surface area contributed by atoms with Crippen LogP contribution in [0.4, 0.5) is 0 Å². The van der Waals surface area contributed by atoms with E-state index in [2.05, 4.69) is 18.8 Å². The lowest BCUT2D eigenvalue weighted by atomic mass is 10.0. The molecule has 0 saturated carbocycles. The monoisotopic (exact) mass is 291 g/mol. The van der Waals surface area contributed by atoms with E-state index in [0.29, 0.717) is 11.7 Å². The minimum atomic E-state index is -1.11. The second kappa shape index (κ2) is 5.92. The average molecular weight is 292 g/mol. The molecular formula is C15H14ClNO3. The average Bonchev–Trinajstić information content (AvgIpc) is 2.41. The number of rotatable bonds is 4. The molecule has 2 aromatic rings. The first kappa shape index (κ1) is 14.3. The number of hydrogen-bond donors (Lipinski definition) is 1. The maximum absolute atomic E-state index is 11.0. The Morgan fingerprint density at radius 3 is 2.75 bits per heavy atom. The van der Waals surface area contributed by atoms with E-state index >= 15 is 0 Å². The van der Waals surface area contributed by atoms with Crippen LogP contribution in [0.5, 0.6) is 11.6 Å². The number of aromatic carboxylic acids is 1. The van der Waals surface area contributed by atoms with Crippen LogP contribution in [0.25, 0.3) is 0 Å². The molecule has 0 unspecified atom stereocenters. The molecule has 1 aromatic carbocycles. The second-order valence-corrected chi connectivity index (χ2v) is 4.99. The van der Waals surface area contributed by atoms with Crippen LogP contribution in [-0.2, 0) is 0 Å². The third-order valence-corrected chi connectivity index (χ3v) is 3.19. The van der Waals surface area contributed by atoms with Crippen LogP contribution in [0.2, 0.25) is 5.02 Å². The summed E-state index contributed by atoms with van der Waals surface area (Å²) < 4.78 is 5.58. The van der Waals surface area contributed by atoms with Gasteiger partial charge in [-0.25, -0.2) is 9.78 Å². The molecule has 20 heavy (non-hydrogen) atoms. The quantitative estimate of drug-likeness (QED) is 0.910. The maximum Gasteiger partial charge on any atom is 0.337 e. The molecule has 104 valence electrons. The lowest BCUT2D eigenvalue weighted by Crippen LogP contribution is -2.00. The van der Waals surface area contributed by atoms with E-state index in [1.54, 1.807) is 6.07 Å². The molecule has 2 rings (SSSR count). The zero-order chi connectivity index (χ0) is 14.7. The van der Waals surface area contributed by atoms with E-state index in [9.17, 15) is 4.79 Å². The second-order valence-electron chi connectivity index (χ2n) is 4.61. The summed E-state index contributed by atoms with van der Waals surface area (Å²) in [7, 11) is 0. The first-order chi connectivity index (χ1) is 9.49. The van der Waals surface area contributed by atoms with Crippen molar-refractivity contribution in [3.8, 4) is 11.6 Å². The van der Waals surface area contributed by atoms with Gasteiger partial charge < -0.3 is 9.84 Å². The number of halogens is 1. The summed E-state index contributed by atoms with van der Waals surface area (Å²) in [5, 5.41) is 9.00. The number of carboxylic acid groups (broad SMARTS) is 1. The van der Waals surface area contributed by atoms with Crippen LogP contribution in [0.3, 0.4) is 0 Å². The van der Waals surface area contributed by atoms with Crippen molar-refractivity contribution in [2.75, 3.05) is 0 Å². The van der Waals surface area contributed by atoms with Gasteiger partial charge in [-0.3, -0.25) is 0 Å². The van der Waals surface area contributed by atoms with E-state index in [0.717, 1.165) is 5.56 Å².